The second kappa shape index (κ2) is 6.04. The fraction of sp³-hybridized carbons (Fsp3) is 0.0667. The van der Waals surface area contributed by atoms with Crippen LogP contribution >= 0.6 is 0 Å². The molecule has 0 radical (unpaired) electrons. The van der Waals surface area contributed by atoms with E-state index < -0.39 is 4.92 Å². The Morgan fingerprint density at radius 2 is 2.00 bits per heavy atom. The number of rotatable bonds is 5. The zero-order chi connectivity index (χ0) is 15.4. The number of nitrogens with one attached hydrogen (secondary N) is 1. The number of hydrogen-bond donors (Lipinski definition) is 1. The van der Waals surface area contributed by atoms with Gasteiger partial charge in [-0.1, -0.05) is 35.5 Å². The lowest BCUT2D eigenvalue weighted by atomic mass is 10.2. The van der Waals surface area contributed by atoms with E-state index in [2.05, 4.69) is 15.5 Å². The van der Waals surface area contributed by atoms with Gasteiger partial charge in [0.05, 0.1) is 11.5 Å². The van der Waals surface area contributed by atoms with Crippen molar-refractivity contribution >= 4 is 11.5 Å². The van der Waals surface area contributed by atoms with Crippen LogP contribution in [-0.2, 0) is 6.54 Å². The lowest BCUT2D eigenvalue weighted by molar-refractivity contribution is -0.384. The lowest BCUT2D eigenvalue weighted by Crippen LogP contribution is -2.04. The smallest absolute Gasteiger partial charge is 0.311 e. The molecule has 2 heterocycles. The molecule has 1 N–H and O–H groups in total. The molecule has 0 unspecified atom stereocenters. The van der Waals surface area contributed by atoms with E-state index in [-0.39, 0.29) is 18.1 Å². The largest absolute Gasteiger partial charge is 0.359 e. The Labute approximate surface area is 125 Å². The van der Waals surface area contributed by atoms with Crippen LogP contribution in [0.5, 0.6) is 0 Å². The second-order valence-corrected chi connectivity index (χ2v) is 4.53. The molecule has 0 amide bonds. The monoisotopic (exact) mass is 296 g/mol. The van der Waals surface area contributed by atoms with Crippen molar-refractivity contribution in [2.75, 3.05) is 5.32 Å². The molecule has 7 nitrogen and oxygen atoms in total. The average Bonchev–Trinajstić information content (AvgIpc) is 3.03. The number of benzene rings is 1. The summed E-state index contributed by atoms with van der Waals surface area (Å²) in [6, 6.07) is 14.3. The summed E-state index contributed by atoms with van der Waals surface area (Å²) in [4.78, 5) is 14.4. The molecule has 2 aromatic heterocycles. The van der Waals surface area contributed by atoms with E-state index in [1.165, 1.54) is 18.3 Å². The van der Waals surface area contributed by atoms with Gasteiger partial charge in [-0.3, -0.25) is 10.1 Å². The molecule has 3 aromatic rings. The van der Waals surface area contributed by atoms with Crippen LogP contribution in [0, 0.1) is 10.1 Å². The highest BCUT2D eigenvalue weighted by molar-refractivity contribution is 5.58. The van der Waals surface area contributed by atoms with Crippen LogP contribution in [0.25, 0.3) is 11.3 Å². The lowest BCUT2D eigenvalue weighted by Gasteiger charge is -2.02. The highest BCUT2D eigenvalue weighted by atomic mass is 16.6. The summed E-state index contributed by atoms with van der Waals surface area (Å²) in [5, 5.41) is 17.8. The Hall–Kier alpha value is -3.22. The molecule has 0 aliphatic carbocycles. The average molecular weight is 296 g/mol. The van der Waals surface area contributed by atoms with Gasteiger partial charge in [-0.2, -0.15) is 0 Å². The van der Waals surface area contributed by atoms with Crippen molar-refractivity contribution in [1.29, 1.82) is 0 Å². The first-order valence-electron chi connectivity index (χ1n) is 6.58. The highest BCUT2D eigenvalue weighted by Gasteiger charge is 2.14. The molecule has 22 heavy (non-hydrogen) atoms. The number of anilines is 1. The van der Waals surface area contributed by atoms with Crippen molar-refractivity contribution in [3.8, 4) is 11.3 Å². The first-order valence-corrected chi connectivity index (χ1v) is 6.58. The topological polar surface area (TPSA) is 94.1 Å². The Bertz CT molecular complexity index is 786. The van der Waals surface area contributed by atoms with Crippen LogP contribution in [0.15, 0.2) is 59.3 Å². The van der Waals surface area contributed by atoms with Crippen LogP contribution in [0.1, 0.15) is 5.69 Å². The number of aromatic nitrogens is 2. The number of hydrogen-bond acceptors (Lipinski definition) is 6. The third-order valence-corrected chi connectivity index (χ3v) is 3.04. The third kappa shape index (κ3) is 2.93. The fourth-order valence-electron chi connectivity index (χ4n) is 1.99. The molecule has 0 saturated heterocycles. The van der Waals surface area contributed by atoms with E-state index in [0.717, 1.165) is 5.56 Å². The molecule has 110 valence electrons. The van der Waals surface area contributed by atoms with Crippen molar-refractivity contribution < 1.29 is 9.45 Å². The SMILES string of the molecule is O=[N+]([O-])c1cccnc1NCc1cc(-c2ccccc2)on1. The summed E-state index contributed by atoms with van der Waals surface area (Å²) in [6.07, 6.45) is 1.49. The predicted molar refractivity (Wildman–Crippen MR) is 80.2 cm³/mol. The molecule has 1 aromatic carbocycles. The van der Waals surface area contributed by atoms with Crippen molar-refractivity contribution in [3.05, 3.63) is 70.5 Å². The molecular formula is C15H12N4O3. The predicted octanol–water partition coefficient (Wildman–Crippen LogP) is 3.26. The zero-order valence-electron chi connectivity index (χ0n) is 11.5. The van der Waals surface area contributed by atoms with E-state index in [9.17, 15) is 10.1 Å². The van der Waals surface area contributed by atoms with E-state index in [1.54, 1.807) is 6.07 Å². The van der Waals surface area contributed by atoms with Gasteiger partial charge >= 0.3 is 5.69 Å². The minimum Gasteiger partial charge on any atom is -0.359 e. The minimum atomic E-state index is -0.479. The summed E-state index contributed by atoms with van der Waals surface area (Å²) in [5.74, 6) is 0.852. The molecule has 0 atom stereocenters. The van der Waals surface area contributed by atoms with Crippen LogP contribution in [-0.4, -0.2) is 15.1 Å². The van der Waals surface area contributed by atoms with Crippen LogP contribution in [0.4, 0.5) is 11.5 Å². The molecule has 0 spiro atoms. The maximum atomic E-state index is 10.9. The molecule has 3 rings (SSSR count). The van der Waals surface area contributed by atoms with E-state index in [4.69, 9.17) is 4.52 Å². The van der Waals surface area contributed by atoms with Gasteiger partial charge in [0.15, 0.2) is 5.76 Å². The molecule has 0 fully saturated rings. The van der Waals surface area contributed by atoms with E-state index >= 15 is 0 Å². The Morgan fingerprint density at radius 1 is 1.18 bits per heavy atom. The highest BCUT2D eigenvalue weighted by Crippen LogP contribution is 2.23. The van der Waals surface area contributed by atoms with Crippen molar-refractivity contribution in [1.82, 2.24) is 10.1 Å². The van der Waals surface area contributed by atoms with Gasteiger partial charge in [-0.05, 0) is 6.07 Å². The standard InChI is InChI=1S/C15H12N4O3/c20-19(21)13-7-4-8-16-15(13)17-10-12-9-14(22-18-12)11-5-2-1-3-6-11/h1-9H,10H2,(H,16,17). The summed E-state index contributed by atoms with van der Waals surface area (Å²) < 4.78 is 5.27. The number of nitrogens with zero attached hydrogens (tertiary/aromatic N) is 3. The number of pyridine rings is 1. The van der Waals surface area contributed by atoms with Gasteiger partial charge in [0.2, 0.25) is 5.82 Å². The number of nitro groups is 1. The maximum absolute atomic E-state index is 10.9. The third-order valence-electron chi connectivity index (χ3n) is 3.04. The van der Waals surface area contributed by atoms with Crippen molar-refractivity contribution in [2.24, 2.45) is 0 Å². The van der Waals surface area contributed by atoms with Crippen LogP contribution < -0.4 is 5.32 Å². The van der Waals surface area contributed by atoms with Crippen LogP contribution in [0.3, 0.4) is 0 Å². The van der Waals surface area contributed by atoms with Gasteiger partial charge in [-0.25, -0.2) is 4.98 Å². The summed E-state index contributed by atoms with van der Waals surface area (Å²) in [5.41, 5.74) is 1.48. The Morgan fingerprint density at radius 3 is 2.77 bits per heavy atom. The first-order chi connectivity index (χ1) is 10.7. The molecule has 7 heteroatoms. The maximum Gasteiger partial charge on any atom is 0.311 e. The molecule has 0 bridgehead atoms. The normalized spacial score (nSPS) is 10.4. The van der Waals surface area contributed by atoms with Crippen LogP contribution in [0.2, 0.25) is 0 Å². The quantitative estimate of drug-likeness (QED) is 0.573. The Kier molecular flexibility index (Phi) is 3.78. The molecule has 0 saturated carbocycles. The summed E-state index contributed by atoms with van der Waals surface area (Å²) in [7, 11) is 0. The summed E-state index contributed by atoms with van der Waals surface area (Å²) in [6.45, 7) is 0.286. The van der Waals surface area contributed by atoms with E-state index in [0.29, 0.717) is 11.5 Å². The molecule has 0 aliphatic rings. The van der Waals surface area contributed by atoms with Gasteiger partial charge in [0.1, 0.15) is 5.69 Å². The van der Waals surface area contributed by atoms with Crippen molar-refractivity contribution in [2.45, 2.75) is 6.54 Å². The van der Waals surface area contributed by atoms with E-state index in [1.807, 2.05) is 30.3 Å². The summed E-state index contributed by atoms with van der Waals surface area (Å²) >= 11 is 0. The molecule has 0 aliphatic heterocycles. The fourth-order valence-corrected chi connectivity index (χ4v) is 1.99. The van der Waals surface area contributed by atoms with Crippen molar-refractivity contribution in [3.63, 3.8) is 0 Å². The Balaban J connectivity index is 1.73. The van der Waals surface area contributed by atoms with Gasteiger partial charge in [-0.15, -0.1) is 0 Å². The first kappa shape index (κ1) is 13.7. The van der Waals surface area contributed by atoms with Gasteiger partial charge in [0, 0.05) is 23.9 Å². The minimum absolute atomic E-state index is 0.0747. The zero-order valence-corrected chi connectivity index (χ0v) is 11.5. The van der Waals surface area contributed by atoms with Gasteiger partial charge < -0.3 is 9.84 Å². The molecular weight excluding hydrogens is 284 g/mol. The van der Waals surface area contributed by atoms with Gasteiger partial charge in [0.25, 0.3) is 0 Å². The second-order valence-electron chi connectivity index (χ2n) is 4.53.